The highest BCUT2D eigenvalue weighted by Crippen LogP contribution is 2.43. The Bertz CT molecular complexity index is 374. The van der Waals surface area contributed by atoms with Crippen LogP contribution in [0.4, 0.5) is 4.79 Å². The second-order valence-corrected chi connectivity index (χ2v) is 5.39. The fourth-order valence-electron chi connectivity index (χ4n) is 1.69. The molecule has 2 heterocycles. The molecule has 0 aliphatic carbocycles. The lowest BCUT2D eigenvalue weighted by Gasteiger charge is -2.29. The van der Waals surface area contributed by atoms with Gasteiger partial charge in [-0.15, -0.1) is 0 Å². The molecule has 88 valence electrons. The summed E-state index contributed by atoms with van der Waals surface area (Å²) in [7, 11) is -1.39. The van der Waals surface area contributed by atoms with Crippen LogP contribution in [0.1, 0.15) is 0 Å². The fraction of sp³-hybridized carbons (Fsp3) is 0.444. The highest BCUT2D eigenvalue weighted by Gasteiger charge is 2.31. The minimum Gasteiger partial charge on any atom is -0.332 e. The van der Waals surface area contributed by atoms with Crippen molar-refractivity contribution in [2.24, 2.45) is 0 Å². The number of carbonyl (C=O) groups excluding carboxylic acids is 1. The molecule has 0 spiro atoms. The van der Waals surface area contributed by atoms with Crippen LogP contribution in [0.2, 0.25) is 0 Å². The van der Waals surface area contributed by atoms with Crippen molar-refractivity contribution in [3.8, 4) is 0 Å². The molecule has 0 saturated carbocycles. The first-order valence-corrected chi connectivity index (χ1v) is 6.43. The van der Waals surface area contributed by atoms with Crippen LogP contribution < -0.4 is 5.32 Å². The predicted molar refractivity (Wildman–Crippen MR) is 63.0 cm³/mol. The first-order valence-electron chi connectivity index (χ1n) is 5.02. The molecule has 0 bridgehead atoms. The number of allylic oxidation sites excluding steroid dienone is 2. The maximum absolute atomic E-state index is 12.0. The Morgan fingerprint density at radius 3 is 2.81 bits per heavy atom. The third-order valence-corrected chi connectivity index (χ3v) is 4.48. The van der Waals surface area contributed by atoms with Gasteiger partial charge in [-0.25, -0.2) is 0 Å². The summed E-state index contributed by atoms with van der Waals surface area (Å²) in [4.78, 5) is 24.0. The van der Waals surface area contributed by atoms with Gasteiger partial charge in [-0.2, -0.15) is 0 Å². The largest absolute Gasteiger partial charge is 0.332 e. The van der Waals surface area contributed by atoms with Gasteiger partial charge in [0.25, 0.3) is 10.3 Å². The van der Waals surface area contributed by atoms with Crippen LogP contribution in [0.5, 0.6) is 0 Å². The van der Waals surface area contributed by atoms with E-state index in [1.807, 2.05) is 0 Å². The summed E-state index contributed by atoms with van der Waals surface area (Å²) in [5, 5.41) is 15.5. The second-order valence-electron chi connectivity index (χ2n) is 3.51. The monoisotopic (exact) mass is 243 g/mol. The van der Waals surface area contributed by atoms with Gasteiger partial charge in [-0.3, -0.25) is 14.9 Å². The maximum atomic E-state index is 12.0. The Labute approximate surface area is 95.5 Å². The van der Waals surface area contributed by atoms with Gasteiger partial charge in [0.05, 0.1) is 4.92 Å². The standard InChI is InChI=1S/C9H13N3O3S/c13-9(11-5-3-10-4-6-11)16-7-1-2-8(16)12(14)15/h1-2,7,10,16H,3-6H2. The molecule has 1 N–H and O–H groups in total. The van der Waals surface area contributed by atoms with E-state index in [1.165, 1.54) is 6.08 Å². The van der Waals surface area contributed by atoms with E-state index < -0.39 is 15.8 Å². The fourth-order valence-corrected chi connectivity index (χ4v) is 3.35. The molecule has 1 unspecified atom stereocenters. The molecular weight excluding hydrogens is 230 g/mol. The van der Waals surface area contributed by atoms with Gasteiger partial charge in [-0.05, 0) is 11.5 Å². The zero-order valence-electron chi connectivity index (χ0n) is 8.63. The van der Waals surface area contributed by atoms with Crippen LogP contribution in [0.3, 0.4) is 0 Å². The molecule has 2 aliphatic rings. The van der Waals surface area contributed by atoms with E-state index in [-0.39, 0.29) is 10.3 Å². The van der Waals surface area contributed by atoms with Crippen LogP contribution in [0.25, 0.3) is 0 Å². The number of rotatable bonds is 1. The van der Waals surface area contributed by atoms with Gasteiger partial charge < -0.3 is 10.2 Å². The summed E-state index contributed by atoms with van der Waals surface area (Å²) in [6.45, 7) is 2.79. The maximum Gasteiger partial charge on any atom is 0.295 e. The van der Waals surface area contributed by atoms with Crippen molar-refractivity contribution >= 4 is 16.1 Å². The molecule has 0 aromatic carbocycles. The third-order valence-electron chi connectivity index (χ3n) is 2.51. The summed E-state index contributed by atoms with van der Waals surface area (Å²) in [5.41, 5.74) is 0. The van der Waals surface area contributed by atoms with Gasteiger partial charge >= 0.3 is 0 Å². The molecule has 1 fully saturated rings. The number of thiol groups is 1. The van der Waals surface area contributed by atoms with Gasteiger partial charge in [-0.1, -0.05) is 10.9 Å². The van der Waals surface area contributed by atoms with Crippen molar-refractivity contribution in [1.82, 2.24) is 10.2 Å². The summed E-state index contributed by atoms with van der Waals surface area (Å²) < 4.78 is 0. The van der Waals surface area contributed by atoms with Gasteiger partial charge in [0.15, 0.2) is 0 Å². The molecule has 7 heteroatoms. The SMILES string of the molecule is O=C(N1CCNCC1)[SH]1C=CC=C1[N+](=O)[O-]. The molecule has 2 aliphatic heterocycles. The van der Waals surface area contributed by atoms with Crippen LogP contribution in [-0.2, 0) is 0 Å². The highest BCUT2D eigenvalue weighted by molar-refractivity contribution is 8.34. The van der Waals surface area contributed by atoms with Crippen LogP contribution in [0, 0.1) is 10.1 Å². The Kier molecular flexibility index (Phi) is 3.25. The zero-order chi connectivity index (χ0) is 11.5. The van der Waals surface area contributed by atoms with Crippen molar-refractivity contribution in [2.45, 2.75) is 0 Å². The minimum absolute atomic E-state index is 0.0403. The first kappa shape index (κ1) is 11.2. The van der Waals surface area contributed by atoms with Crippen molar-refractivity contribution in [3.63, 3.8) is 0 Å². The zero-order valence-corrected chi connectivity index (χ0v) is 9.52. The Morgan fingerprint density at radius 2 is 2.19 bits per heavy atom. The van der Waals surface area contributed by atoms with E-state index in [0.717, 1.165) is 13.1 Å². The molecule has 0 aromatic rings. The number of nitrogens with zero attached hydrogens (tertiary/aromatic N) is 2. The van der Waals surface area contributed by atoms with Crippen molar-refractivity contribution < 1.29 is 9.72 Å². The van der Waals surface area contributed by atoms with Gasteiger partial charge in [0, 0.05) is 32.3 Å². The quantitative estimate of drug-likeness (QED) is 0.403. The average Bonchev–Trinajstić information content (AvgIpc) is 2.78. The van der Waals surface area contributed by atoms with Crippen molar-refractivity contribution in [1.29, 1.82) is 0 Å². The summed E-state index contributed by atoms with van der Waals surface area (Å²) in [5.74, 6) is 0. The number of piperazine rings is 1. The number of hydrogen-bond acceptors (Lipinski definition) is 4. The number of amides is 1. The van der Waals surface area contributed by atoms with E-state index in [2.05, 4.69) is 5.32 Å². The first-order chi connectivity index (χ1) is 7.70. The van der Waals surface area contributed by atoms with E-state index >= 15 is 0 Å². The van der Waals surface area contributed by atoms with E-state index in [9.17, 15) is 14.9 Å². The number of hydrogen-bond donors (Lipinski definition) is 2. The smallest absolute Gasteiger partial charge is 0.295 e. The summed E-state index contributed by atoms with van der Waals surface area (Å²) in [6.07, 6.45) is 3.02. The lowest BCUT2D eigenvalue weighted by molar-refractivity contribution is -0.410. The molecule has 0 radical (unpaired) electrons. The van der Waals surface area contributed by atoms with E-state index in [4.69, 9.17) is 0 Å². The lowest BCUT2D eigenvalue weighted by Crippen LogP contribution is -2.45. The van der Waals surface area contributed by atoms with Gasteiger partial charge in [0.2, 0.25) is 0 Å². The van der Waals surface area contributed by atoms with Crippen LogP contribution in [-0.4, -0.2) is 41.2 Å². The molecule has 1 saturated heterocycles. The van der Waals surface area contributed by atoms with Crippen LogP contribution in [0.15, 0.2) is 22.6 Å². The van der Waals surface area contributed by atoms with E-state index in [0.29, 0.717) is 13.1 Å². The molecule has 1 amide bonds. The average molecular weight is 243 g/mol. The number of carbonyl (C=O) groups is 1. The molecule has 1 atom stereocenters. The normalized spacial score (nSPS) is 26.6. The van der Waals surface area contributed by atoms with E-state index in [1.54, 1.807) is 16.4 Å². The number of nitrogens with one attached hydrogen (secondary N) is 1. The van der Waals surface area contributed by atoms with Gasteiger partial charge in [0.1, 0.15) is 0 Å². The molecule has 16 heavy (non-hydrogen) atoms. The second kappa shape index (κ2) is 4.67. The Morgan fingerprint density at radius 1 is 1.50 bits per heavy atom. The molecule has 0 aromatic heterocycles. The lowest BCUT2D eigenvalue weighted by atomic mass is 10.4. The summed E-state index contributed by atoms with van der Waals surface area (Å²) >= 11 is 0. The Balaban J connectivity index is 2.07. The van der Waals surface area contributed by atoms with Crippen molar-refractivity contribution in [3.05, 3.63) is 32.7 Å². The molecular formula is C9H13N3O3S. The third kappa shape index (κ3) is 2.10. The predicted octanol–water partition coefficient (Wildman–Crippen LogP) is 0.658. The highest BCUT2D eigenvalue weighted by atomic mass is 32.2. The molecule has 6 nitrogen and oxygen atoms in total. The van der Waals surface area contributed by atoms with Crippen LogP contribution >= 0.6 is 10.9 Å². The Hall–Kier alpha value is -1.34. The summed E-state index contributed by atoms with van der Waals surface area (Å²) in [6, 6.07) is 0. The topological polar surface area (TPSA) is 75.5 Å². The molecule has 2 rings (SSSR count). The van der Waals surface area contributed by atoms with Crippen molar-refractivity contribution in [2.75, 3.05) is 26.2 Å². The minimum atomic E-state index is -1.39. The number of nitro groups is 1.